The summed E-state index contributed by atoms with van der Waals surface area (Å²) >= 11 is 0. The van der Waals surface area contributed by atoms with Gasteiger partial charge in [0.25, 0.3) is 0 Å². The Morgan fingerprint density at radius 2 is 1.59 bits per heavy atom. The Labute approximate surface area is 127 Å². The number of carboxylic acid groups (broad SMARTS) is 2. The van der Waals surface area contributed by atoms with Crippen molar-refractivity contribution in [3.05, 3.63) is 59.2 Å². The molecule has 114 valence electrons. The van der Waals surface area contributed by atoms with Gasteiger partial charge in [0.15, 0.2) is 0 Å². The summed E-state index contributed by atoms with van der Waals surface area (Å²) in [6.07, 6.45) is 0. The summed E-state index contributed by atoms with van der Waals surface area (Å²) in [6.45, 7) is 4.13. The molecule has 5 heteroatoms. The smallest absolute Gasteiger partial charge is 0.340 e. The van der Waals surface area contributed by atoms with E-state index < -0.39 is 11.9 Å². The van der Waals surface area contributed by atoms with E-state index in [-0.39, 0.29) is 16.9 Å². The third-order valence-corrected chi connectivity index (χ3v) is 3.25. The van der Waals surface area contributed by atoms with Crippen molar-refractivity contribution in [3.63, 3.8) is 0 Å². The van der Waals surface area contributed by atoms with Crippen LogP contribution in [0.4, 0.5) is 0 Å². The van der Waals surface area contributed by atoms with Crippen molar-refractivity contribution in [3.8, 4) is 11.5 Å². The van der Waals surface area contributed by atoms with Crippen molar-refractivity contribution in [2.24, 2.45) is 0 Å². The lowest BCUT2D eigenvalue weighted by molar-refractivity contribution is 0.0649. The molecule has 2 rings (SSSR count). The van der Waals surface area contributed by atoms with Gasteiger partial charge < -0.3 is 14.9 Å². The molecule has 2 N–H and O–H groups in total. The fourth-order valence-corrected chi connectivity index (χ4v) is 2.06. The van der Waals surface area contributed by atoms with E-state index in [1.54, 1.807) is 12.1 Å². The maximum Gasteiger partial charge on any atom is 0.340 e. The molecule has 22 heavy (non-hydrogen) atoms. The lowest BCUT2D eigenvalue weighted by Gasteiger charge is -2.12. The SMILES string of the molecule is CC(C)c1ccc(Oc2cccc(C(=O)O)c2C(=O)O)cc1. The number of benzene rings is 2. The Balaban J connectivity index is 2.39. The second-order valence-corrected chi connectivity index (χ2v) is 5.11. The monoisotopic (exact) mass is 300 g/mol. The molecule has 0 spiro atoms. The highest BCUT2D eigenvalue weighted by Gasteiger charge is 2.21. The highest BCUT2D eigenvalue weighted by Crippen LogP contribution is 2.29. The van der Waals surface area contributed by atoms with Gasteiger partial charge in [-0.15, -0.1) is 0 Å². The molecular formula is C17H16O5. The van der Waals surface area contributed by atoms with Crippen LogP contribution in [0.25, 0.3) is 0 Å². The van der Waals surface area contributed by atoms with E-state index in [9.17, 15) is 14.7 Å². The number of ether oxygens (including phenoxy) is 1. The maximum absolute atomic E-state index is 11.3. The molecule has 0 bridgehead atoms. The van der Waals surface area contributed by atoms with Gasteiger partial charge >= 0.3 is 11.9 Å². The first kappa shape index (κ1) is 15.6. The van der Waals surface area contributed by atoms with Crippen LogP contribution >= 0.6 is 0 Å². The van der Waals surface area contributed by atoms with E-state index in [0.717, 1.165) is 5.56 Å². The maximum atomic E-state index is 11.3. The summed E-state index contributed by atoms with van der Waals surface area (Å²) in [7, 11) is 0. The predicted octanol–water partition coefficient (Wildman–Crippen LogP) is 4.00. The number of carboxylic acids is 2. The van der Waals surface area contributed by atoms with Crippen LogP contribution in [-0.4, -0.2) is 22.2 Å². The summed E-state index contributed by atoms with van der Waals surface area (Å²) in [5.41, 5.74) is 0.469. The topological polar surface area (TPSA) is 83.8 Å². The van der Waals surface area contributed by atoms with Crippen LogP contribution in [0.15, 0.2) is 42.5 Å². The lowest BCUT2D eigenvalue weighted by Crippen LogP contribution is -2.09. The van der Waals surface area contributed by atoms with E-state index in [4.69, 9.17) is 9.84 Å². The van der Waals surface area contributed by atoms with Gasteiger partial charge in [-0.05, 0) is 35.7 Å². The van der Waals surface area contributed by atoms with Gasteiger partial charge in [0.1, 0.15) is 17.1 Å². The molecule has 0 amide bonds. The molecule has 2 aromatic rings. The Morgan fingerprint density at radius 3 is 2.09 bits per heavy atom. The van der Waals surface area contributed by atoms with Crippen molar-refractivity contribution in [1.82, 2.24) is 0 Å². The molecule has 0 heterocycles. The third kappa shape index (κ3) is 3.25. The summed E-state index contributed by atoms with van der Waals surface area (Å²) < 4.78 is 5.55. The number of hydrogen-bond acceptors (Lipinski definition) is 3. The van der Waals surface area contributed by atoms with Crippen LogP contribution in [0.1, 0.15) is 46.0 Å². The van der Waals surface area contributed by atoms with Crippen molar-refractivity contribution >= 4 is 11.9 Å². The number of aromatic carboxylic acids is 2. The Kier molecular flexibility index (Phi) is 4.46. The fourth-order valence-electron chi connectivity index (χ4n) is 2.06. The van der Waals surface area contributed by atoms with E-state index in [2.05, 4.69) is 13.8 Å². The molecule has 0 fully saturated rings. The minimum atomic E-state index is -1.34. The predicted molar refractivity (Wildman–Crippen MR) is 81.0 cm³/mol. The molecule has 0 aliphatic heterocycles. The van der Waals surface area contributed by atoms with E-state index in [0.29, 0.717) is 11.7 Å². The molecule has 0 aliphatic carbocycles. The van der Waals surface area contributed by atoms with Gasteiger partial charge in [0.2, 0.25) is 0 Å². The molecular weight excluding hydrogens is 284 g/mol. The van der Waals surface area contributed by atoms with Crippen molar-refractivity contribution in [2.45, 2.75) is 19.8 Å². The summed E-state index contributed by atoms with van der Waals surface area (Å²) in [6, 6.07) is 11.4. The van der Waals surface area contributed by atoms with Crippen LogP contribution in [0, 0.1) is 0 Å². The van der Waals surface area contributed by atoms with Crippen LogP contribution in [0.5, 0.6) is 11.5 Å². The zero-order valence-corrected chi connectivity index (χ0v) is 12.2. The van der Waals surface area contributed by atoms with Gasteiger partial charge in [-0.25, -0.2) is 9.59 Å². The average Bonchev–Trinajstić information content (AvgIpc) is 2.47. The van der Waals surface area contributed by atoms with Gasteiger partial charge in [0, 0.05) is 0 Å². The quantitative estimate of drug-likeness (QED) is 0.872. The molecule has 0 aliphatic rings. The Morgan fingerprint density at radius 1 is 0.955 bits per heavy atom. The first-order valence-corrected chi connectivity index (χ1v) is 6.77. The van der Waals surface area contributed by atoms with Gasteiger partial charge in [-0.1, -0.05) is 32.0 Å². The largest absolute Gasteiger partial charge is 0.478 e. The normalized spacial score (nSPS) is 10.5. The molecule has 2 aromatic carbocycles. The minimum absolute atomic E-state index is 0.00435. The first-order chi connectivity index (χ1) is 10.4. The number of hydrogen-bond donors (Lipinski definition) is 2. The Hall–Kier alpha value is -2.82. The second kappa shape index (κ2) is 6.30. The molecule has 5 nitrogen and oxygen atoms in total. The van der Waals surface area contributed by atoms with Crippen LogP contribution in [-0.2, 0) is 0 Å². The van der Waals surface area contributed by atoms with Gasteiger partial charge in [0.05, 0.1) is 5.56 Å². The van der Waals surface area contributed by atoms with Gasteiger partial charge in [-0.2, -0.15) is 0 Å². The van der Waals surface area contributed by atoms with Crippen molar-refractivity contribution < 1.29 is 24.5 Å². The van der Waals surface area contributed by atoms with Crippen LogP contribution in [0.2, 0.25) is 0 Å². The first-order valence-electron chi connectivity index (χ1n) is 6.77. The minimum Gasteiger partial charge on any atom is -0.478 e. The van der Waals surface area contributed by atoms with Gasteiger partial charge in [-0.3, -0.25) is 0 Å². The average molecular weight is 300 g/mol. The highest BCUT2D eigenvalue weighted by atomic mass is 16.5. The zero-order valence-electron chi connectivity index (χ0n) is 12.2. The van der Waals surface area contributed by atoms with Crippen molar-refractivity contribution in [1.29, 1.82) is 0 Å². The zero-order chi connectivity index (χ0) is 16.3. The molecule has 0 aromatic heterocycles. The number of carbonyl (C=O) groups is 2. The van der Waals surface area contributed by atoms with Crippen molar-refractivity contribution in [2.75, 3.05) is 0 Å². The molecule has 0 saturated carbocycles. The third-order valence-electron chi connectivity index (χ3n) is 3.25. The summed E-state index contributed by atoms with van der Waals surface area (Å²) in [4.78, 5) is 22.5. The standard InChI is InChI=1S/C17H16O5/c1-10(2)11-6-8-12(9-7-11)22-14-5-3-4-13(16(18)19)15(14)17(20)21/h3-10H,1-2H3,(H,18,19)(H,20,21). The summed E-state index contributed by atoms with van der Waals surface area (Å²) in [5.74, 6) is -1.82. The number of rotatable bonds is 5. The van der Waals surface area contributed by atoms with Crippen LogP contribution in [0.3, 0.4) is 0 Å². The molecule has 0 atom stereocenters. The highest BCUT2D eigenvalue weighted by molar-refractivity contribution is 6.03. The second-order valence-electron chi connectivity index (χ2n) is 5.11. The fraction of sp³-hybridized carbons (Fsp3) is 0.176. The van der Waals surface area contributed by atoms with E-state index in [1.807, 2.05) is 12.1 Å². The molecule has 0 unspecified atom stereocenters. The lowest BCUT2D eigenvalue weighted by atomic mass is 10.0. The van der Waals surface area contributed by atoms with E-state index in [1.165, 1.54) is 18.2 Å². The summed E-state index contributed by atoms with van der Waals surface area (Å²) in [5, 5.41) is 18.3. The Bertz CT molecular complexity index is 701. The molecule has 0 radical (unpaired) electrons. The van der Waals surface area contributed by atoms with Crippen LogP contribution < -0.4 is 4.74 Å². The van der Waals surface area contributed by atoms with E-state index >= 15 is 0 Å². The molecule has 0 saturated heterocycles.